The highest BCUT2D eigenvalue weighted by Crippen LogP contribution is 2.39. The molecule has 2 bridgehead atoms. The zero-order chi connectivity index (χ0) is 27.8. The van der Waals surface area contributed by atoms with Gasteiger partial charge in [0.1, 0.15) is 23.0 Å². The molecule has 1 aromatic heterocycles. The first-order chi connectivity index (χ1) is 18.7. The molecule has 12 heteroatoms. The fourth-order valence-corrected chi connectivity index (χ4v) is 5.30. The van der Waals surface area contributed by atoms with Gasteiger partial charge in [0.25, 0.3) is 11.8 Å². The molecule has 1 N–H and O–H groups in total. The van der Waals surface area contributed by atoms with Crippen LogP contribution >= 0.6 is 0 Å². The molecular weight excluding hydrogens is 519 g/mol. The number of ether oxygens (including phenoxy) is 2. The summed E-state index contributed by atoms with van der Waals surface area (Å²) in [7, 11) is 0. The van der Waals surface area contributed by atoms with Crippen LogP contribution < -0.4 is 15.5 Å². The maximum atomic E-state index is 14.0. The molecule has 0 spiro atoms. The predicted octanol–water partition coefficient (Wildman–Crippen LogP) is 2.64. The van der Waals surface area contributed by atoms with E-state index in [9.17, 15) is 32.3 Å². The molecule has 204 valence electrons. The van der Waals surface area contributed by atoms with Crippen LogP contribution in [0.3, 0.4) is 0 Å². The van der Waals surface area contributed by atoms with Crippen LogP contribution in [0.5, 0.6) is 5.75 Å². The van der Waals surface area contributed by atoms with Crippen LogP contribution in [0, 0.1) is 29.8 Å². The molecule has 5 rings (SSSR count). The molecule has 3 atom stereocenters. The van der Waals surface area contributed by atoms with Crippen molar-refractivity contribution < 1.29 is 37.0 Å². The molecule has 2 fully saturated rings. The highest BCUT2D eigenvalue weighted by molar-refractivity contribution is 6.00. The number of aromatic nitrogens is 1. The Balaban J connectivity index is 1.49. The van der Waals surface area contributed by atoms with Gasteiger partial charge < -0.3 is 24.3 Å². The number of hydrogen-bond donors (Lipinski definition) is 1. The lowest BCUT2D eigenvalue weighted by atomic mass is 10.1. The van der Waals surface area contributed by atoms with Gasteiger partial charge in [-0.15, -0.1) is 12.3 Å². The number of carbonyl (C=O) groups is 3. The number of amides is 2. The van der Waals surface area contributed by atoms with Gasteiger partial charge >= 0.3 is 5.97 Å². The van der Waals surface area contributed by atoms with Crippen LogP contribution in [0.25, 0.3) is 0 Å². The van der Waals surface area contributed by atoms with Gasteiger partial charge in [0.2, 0.25) is 11.2 Å². The molecule has 0 radical (unpaired) electrons. The average Bonchev–Trinajstić information content (AvgIpc) is 3.25. The topological polar surface area (TPSA) is 107 Å². The molecule has 1 saturated carbocycles. The average molecular weight is 543 g/mol. The number of unbranched alkanes of at least 4 members (excludes halogenated alkanes) is 1. The summed E-state index contributed by atoms with van der Waals surface area (Å²) in [6.07, 6.45) is 8.31. The molecule has 1 aliphatic carbocycles. The van der Waals surface area contributed by atoms with Crippen molar-refractivity contribution in [2.45, 2.75) is 70.0 Å². The normalized spacial score (nSPS) is 21.1. The largest absolute Gasteiger partial charge is 0.420 e. The Kier molecular flexibility index (Phi) is 7.18. The summed E-state index contributed by atoms with van der Waals surface area (Å²) in [6.45, 7) is -0.627. The van der Waals surface area contributed by atoms with Crippen LogP contribution in [0.2, 0.25) is 0 Å². The van der Waals surface area contributed by atoms with Crippen molar-refractivity contribution in [3.63, 3.8) is 0 Å². The first-order valence-corrected chi connectivity index (χ1v) is 12.5. The van der Waals surface area contributed by atoms with Crippen LogP contribution in [0.1, 0.15) is 64.9 Å². The van der Waals surface area contributed by atoms with E-state index in [0.29, 0.717) is 25.0 Å². The minimum atomic E-state index is -1.22. The summed E-state index contributed by atoms with van der Waals surface area (Å²) < 4.78 is 54.0. The molecule has 2 aromatic rings. The highest BCUT2D eigenvalue weighted by atomic mass is 19.1. The Labute approximate surface area is 220 Å². The van der Waals surface area contributed by atoms with E-state index in [1.54, 1.807) is 4.90 Å². The Morgan fingerprint density at radius 2 is 1.92 bits per heavy atom. The number of esters is 1. The van der Waals surface area contributed by atoms with E-state index >= 15 is 0 Å². The van der Waals surface area contributed by atoms with Crippen molar-refractivity contribution >= 4 is 17.8 Å². The van der Waals surface area contributed by atoms with Crippen LogP contribution in [-0.2, 0) is 22.6 Å². The summed E-state index contributed by atoms with van der Waals surface area (Å²) in [4.78, 5) is 54.1. The van der Waals surface area contributed by atoms with Gasteiger partial charge in [0, 0.05) is 49.3 Å². The molecule has 9 nitrogen and oxygen atoms in total. The fraction of sp³-hybridized carbons (Fsp3) is 0.407. The Bertz CT molecular complexity index is 1440. The van der Waals surface area contributed by atoms with E-state index in [0.717, 1.165) is 19.0 Å². The predicted molar refractivity (Wildman–Crippen MR) is 129 cm³/mol. The smallest absolute Gasteiger partial charge is 0.311 e. The third kappa shape index (κ3) is 5.02. The summed E-state index contributed by atoms with van der Waals surface area (Å²) in [6, 6.07) is 0.836. The maximum absolute atomic E-state index is 14.0. The van der Waals surface area contributed by atoms with Gasteiger partial charge in [0.05, 0.1) is 12.6 Å². The van der Waals surface area contributed by atoms with Crippen LogP contribution in [-0.4, -0.2) is 45.6 Å². The Hall–Kier alpha value is -4.11. The van der Waals surface area contributed by atoms with Gasteiger partial charge in [0.15, 0.2) is 11.9 Å². The molecule has 1 aromatic carbocycles. The van der Waals surface area contributed by atoms with Crippen molar-refractivity contribution in [2.24, 2.45) is 0 Å². The number of nitrogens with one attached hydrogen (secondary N) is 1. The number of carbonyl (C=O) groups excluding carboxylic acids is 3. The maximum Gasteiger partial charge on any atom is 0.311 e. The standard InChI is InChI=1S/C27H24F3N3O6/c1-2-3-4-5-22(34)39-25-23-27(37)33-15-6-7-16(10-15)38-21(33)13-32(23)12-18(24(25)35)26(36)31-11-17-19(29)8-14(28)9-20(17)30/h1,8-9,12,15-16,21H,3-7,10-11,13H2,(H,31,36)/t15-,16+,21?/m0/s1. The molecule has 1 saturated heterocycles. The zero-order valence-corrected chi connectivity index (χ0v) is 20.7. The minimum Gasteiger partial charge on any atom is -0.420 e. The molecule has 3 aliphatic rings. The number of halogens is 3. The first-order valence-electron chi connectivity index (χ1n) is 12.5. The van der Waals surface area contributed by atoms with Gasteiger partial charge in [-0.3, -0.25) is 19.2 Å². The lowest BCUT2D eigenvalue weighted by Gasteiger charge is -2.44. The fourth-order valence-electron chi connectivity index (χ4n) is 5.30. The van der Waals surface area contributed by atoms with Crippen LogP contribution in [0.15, 0.2) is 23.1 Å². The second kappa shape index (κ2) is 10.6. The zero-order valence-electron chi connectivity index (χ0n) is 20.7. The first kappa shape index (κ1) is 26.5. The molecule has 39 heavy (non-hydrogen) atoms. The SMILES string of the molecule is C#CCCCC(=O)Oc1c2n(cc(C(=O)NCc3c(F)cc(F)cc3F)c1=O)CC1O[C@@H]3CC[C@@H](C3)N1C2=O. The number of nitrogens with zero attached hydrogens (tertiary/aromatic N) is 2. The highest BCUT2D eigenvalue weighted by Gasteiger charge is 2.48. The molecule has 2 aliphatic heterocycles. The lowest BCUT2D eigenvalue weighted by molar-refractivity contribution is -0.135. The third-order valence-corrected chi connectivity index (χ3v) is 7.13. The van der Waals surface area contributed by atoms with E-state index in [1.165, 1.54) is 4.57 Å². The molecule has 3 heterocycles. The van der Waals surface area contributed by atoms with Gasteiger partial charge in [-0.25, -0.2) is 13.2 Å². The number of terminal acetylenes is 1. The van der Waals surface area contributed by atoms with E-state index in [4.69, 9.17) is 15.9 Å². The number of hydrogen-bond acceptors (Lipinski definition) is 6. The number of benzene rings is 1. The van der Waals surface area contributed by atoms with E-state index in [1.807, 2.05) is 0 Å². The van der Waals surface area contributed by atoms with Crippen molar-refractivity contribution in [3.05, 3.63) is 62.8 Å². The van der Waals surface area contributed by atoms with Gasteiger partial charge in [-0.1, -0.05) is 0 Å². The summed E-state index contributed by atoms with van der Waals surface area (Å²) in [5.74, 6) is -4.21. The lowest BCUT2D eigenvalue weighted by Crippen LogP contribution is -2.57. The van der Waals surface area contributed by atoms with E-state index in [2.05, 4.69) is 11.2 Å². The molecule has 1 unspecified atom stereocenters. The molecular formula is C27H24F3N3O6. The van der Waals surface area contributed by atoms with E-state index < -0.39 is 70.3 Å². The van der Waals surface area contributed by atoms with Gasteiger partial charge in [-0.2, -0.15) is 0 Å². The number of pyridine rings is 1. The summed E-state index contributed by atoms with van der Waals surface area (Å²) in [5.41, 5.74) is -2.37. The number of fused-ring (bicyclic) bond motifs is 5. The van der Waals surface area contributed by atoms with E-state index in [-0.39, 0.29) is 37.2 Å². The third-order valence-electron chi connectivity index (χ3n) is 7.13. The van der Waals surface area contributed by atoms with Gasteiger partial charge in [-0.05, 0) is 25.7 Å². The Morgan fingerprint density at radius 1 is 1.18 bits per heavy atom. The summed E-state index contributed by atoms with van der Waals surface area (Å²) in [5, 5.41) is 2.23. The van der Waals surface area contributed by atoms with Crippen molar-refractivity contribution in [2.75, 3.05) is 0 Å². The Morgan fingerprint density at radius 3 is 2.64 bits per heavy atom. The second-order valence-electron chi connectivity index (χ2n) is 9.66. The minimum absolute atomic E-state index is 0.0123. The van der Waals surface area contributed by atoms with Crippen LogP contribution in [0.4, 0.5) is 13.2 Å². The van der Waals surface area contributed by atoms with Crippen molar-refractivity contribution in [1.82, 2.24) is 14.8 Å². The monoisotopic (exact) mass is 543 g/mol. The van der Waals surface area contributed by atoms with Crippen molar-refractivity contribution in [1.29, 1.82) is 0 Å². The van der Waals surface area contributed by atoms with Crippen molar-refractivity contribution in [3.8, 4) is 18.1 Å². The second-order valence-corrected chi connectivity index (χ2v) is 9.66. The summed E-state index contributed by atoms with van der Waals surface area (Å²) >= 11 is 0. The molecule has 2 amide bonds. The quantitative estimate of drug-likeness (QED) is 0.327. The number of rotatable bonds is 7.